The Morgan fingerprint density at radius 2 is 1.63 bits per heavy atom. The molecule has 1 heterocycles. The third-order valence-corrected chi connectivity index (χ3v) is 7.25. The molecule has 1 saturated carbocycles. The van der Waals surface area contributed by atoms with E-state index < -0.39 is 29.2 Å². The van der Waals surface area contributed by atoms with Crippen LogP contribution in [0.5, 0.6) is 5.75 Å². The van der Waals surface area contributed by atoms with E-state index >= 15 is 0 Å². The maximum Gasteiger partial charge on any atom is 0.573 e. The van der Waals surface area contributed by atoms with E-state index in [0.717, 1.165) is 36.1 Å². The average Bonchev–Trinajstić information content (AvgIpc) is 3.57. The first-order chi connectivity index (χ1) is 20.1. The highest BCUT2D eigenvalue weighted by molar-refractivity contribution is 6.68. The molecule has 0 unspecified atom stereocenters. The number of nitrogens with two attached hydrogens (primary N) is 1. The molecule has 1 aliphatic rings. The molecule has 1 aromatic heterocycles. The Morgan fingerprint density at radius 1 is 0.977 bits per heavy atom. The van der Waals surface area contributed by atoms with Gasteiger partial charge in [-0.15, -0.1) is 13.2 Å². The predicted molar refractivity (Wildman–Crippen MR) is 152 cm³/mol. The number of nitrogens with zero attached hydrogens (tertiary/aromatic N) is 2. The SMILES string of the molecule is Cc1nc(-c2ccc(OC(F)(F)F)cc2)c(-c2cc(-c3cccc(C4(C)CC4)c3)ccc2N=C(Cl)C=C(N)C(F)(F)F)o1. The Morgan fingerprint density at radius 3 is 2.26 bits per heavy atom. The van der Waals surface area contributed by atoms with Crippen LogP contribution >= 0.6 is 11.6 Å². The van der Waals surface area contributed by atoms with Crippen molar-refractivity contribution in [2.24, 2.45) is 10.7 Å². The number of oxazole rings is 1. The second-order valence-electron chi connectivity index (χ2n) is 10.4. The number of ether oxygens (including phenoxy) is 1. The third kappa shape index (κ3) is 7.05. The molecule has 5 rings (SSSR count). The van der Waals surface area contributed by atoms with Crippen LogP contribution in [0.3, 0.4) is 0 Å². The Bertz CT molecular complexity index is 1720. The quantitative estimate of drug-likeness (QED) is 0.165. The molecule has 0 bridgehead atoms. The molecule has 4 aromatic rings. The predicted octanol–water partition coefficient (Wildman–Crippen LogP) is 9.61. The molecule has 0 saturated heterocycles. The minimum absolute atomic E-state index is 0.110. The first-order valence-electron chi connectivity index (χ1n) is 13.0. The first kappa shape index (κ1) is 30.2. The van der Waals surface area contributed by atoms with Crippen LogP contribution in [0.2, 0.25) is 0 Å². The molecule has 43 heavy (non-hydrogen) atoms. The number of aryl methyl sites for hydroxylation is 1. The van der Waals surface area contributed by atoms with Crippen molar-refractivity contribution in [3.63, 3.8) is 0 Å². The van der Waals surface area contributed by atoms with E-state index in [-0.39, 0.29) is 28.4 Å². The third-order valence-electron chi connectivity index (χ3n) is 7.06. The molecular formula is C31H24ClF6N3O2. The van der Waals surface area contributed by atoms with E-state index in [1.807, 2.05) is 12.1 Å². The number of benzene rings is 3. The van der Waals surface area contributed by atoms with Gasteiger partial charge in [0, 0.05) is 24.1 Å². The van der Waals surface area contributed by atoms with Gasteiger partial charge in [-0.25, -0.2) is 9.98 Å². The second kappa shape index (κ2) is 11.1. The van der Waals surface area contributed by atoms with Crippen molar-refractivity contribution in [3.05, 3.63) is 90.0 Å². The zero-order valence-electron chi connectivity index (χ0n) is 22.8. The Labute approximate surface area is 247 Å². The summed E-state index contributed by atoms with van der Waals surface area (Å²) in [5.74, 6) is -0.00239. The number of halogens is 7. The number of alkyl halides is 6. The molecule has 0 aliphatic heterocycles. The van der Waals surface area contributed by atoms with E-state index in [2.05, 4.69) is 33.8 Å². The number of rotatable bonds is 7. The summed E-state index contributed by atoms with van der Waals surface area (Å²) in [4.78, 5) is 8.61. The zero-order valence-corrected chi connectivity index (χ0v) is 23.5. The minimum Gasteiger partial charge on any atom is -0.440 e. The minimum atomic E-state index is -4.86. The summed E-state index contributed by atoms with van der Waals surface area (Å²) in [7, 11) is 0. The highest BCUT2D eigenvalue weighted by atomic mass is 35.5. The van der Waals surface area contributed by atoms with Crippen LogP contribution in [0.25, 0.3) is 33.7 Å². The van der Waals surface area contributed by atoms with Crippen molar-refractivity contribution in [1.82, 2.24) is 4.98 Å². The number of aromatic nitrogens is 1. The van der Waals surface area contributed by atoms with E-state index in [9.17, 15) is 26.3 Å². The van der Waals surface area contributed by atoms with Crippen molar-refractivity contribution in [1.29, 1.82) is 0 Å². The summed E-state index contributed by atoms with van der Waals surface area (Å²) in [6.45, 7) is 3.77. The van der Waals surface area contributed by atoms with Crippen LogP contribution in [-0.4, -0.2) is 22.7 Å². The van der Waals surface area contributed by atoms with Gasteiger partial charge < -0.3 is 14.9 Å². The lowest BCUT2D eigenvalue weighted by atomic mass is 9.93. The highest BCUT2D eigenvalue weighted by Gasteiger charge is 2.39. The van der Waals surface area contributed by atoms with E-state index in [1.54, 1.807) is 25.1 Å². The number of hydrogen-bond acceptors (Lipinski definition) is 5. The van der Waals surface area contributed by atoms with Gasteiger partial charge >= 0.3 is 12.5 Å². The summed E-state index contributed by atoms with van der Waals surface area (Å²) >= 11 is 6.08. The molecular weight excluding hydrogens is 596 g/mol. The molecule has 1 fully saturated rings. The van der Waals surface area contributed by atoms with E-state index in [1.165, 1.54) is 17.7 Å². The summed E-state index contributed by atoms with van der Waals surface area (Å²) in [6.07, 6.45) is -7.00. The van der Waals surface area contributed by atoms with Crippen molar-refractivity contribution < 1.29 is 35.5 Å². The molecule has 3 aromatic carbocycles. The van der Waals surface area contributed by atoms with Gasteiger partial charge in [0.1, 0.15) is 22.3 Å². The fourth-order valence-corrected chi connectivity index (χ4v) is 4.73. The van der Waals surface area contributed by atoms with Gasteiger partial charge in [0.2, 0.25) is 0 Å². The summed E-state index contributed by atoms with van der Waals surface area (Å²) in [6, 6.07) is 18.2. The smallest absolute Gasteiger partial charge is 0.440 e. The van der Waals surface area contributed by atoms with Gasteiger partial charge in [0.05, 0.1) is 5.69 Å². The van der Waals surface area contributed by atoms with Gasteiger partial charge in [-0.3, -0.25) is 0 Å². The Hall–Kier alpha value is -4.25. The van der Waals surface area contributed by atoms with Crippen LogP contribution in [0.1, 0.15) is 31.2 Å². The number of aliphatic imine (C=N–C) groups is 1. The standard InChI is InChI=1S/C31H24ClF6N3O2/c1-17-40-27(18-6-9-22(10-7-18)43-31(36,37)38)28(42-17)23-15-20(19-4-3-5-21(14-19)29(2)12-13-29)8-11-24(23)41-26(32)16-25(39)30(33,34)35/h3-11,14-16H,12-13,39H2,1-2H3. The van der Waals surface area contributed by atoms with Gasteiger partial charge in [-0.1, -0.05) is 48.9 Å². The van der Waals surface area contributed by atoms with Crippen molar-refractivity contribution >= 4 is 22.5 Å². The number of hydrogen-bond donors (Lipinski definition) is 1. The zero-order chi connectivity index (χ0) is 31.2. The van der Waals surface area contributed by atoms with Crippen LogP contribution in [0, 0.1) is 6.92 Å². The summed E-state index contributed by atoms with van der Waals surface area (Å²) < 4.78 is 87.0. The van der Waals surface area contributed by atoms with Crippen molar-refractivity contribution in [2.45, 2.75) is 44.6 Å². The Balaban J connectivity index is 1.64. The van der Waals surface area contributed by atoms with Gasteiger partial charge in [-0.05, 0) is 71.3 Å². The van der Waals surface area contributed by atoms with Crippen LogP contribution in [0.15, 0.2) is 87.9 Å². The van der Waals surface area contributed by atoms with Crippen molar-refractivity contribution in [2.75, 3.05) is 0 Å². The normalized spacial score (nSPS) is 15.5. The molecule has 0 spiro atoms. The second-order valence-corrected chi connectivity index (χ2v) is 10.8. The van der Waals surface area contributed by atoms with Crippen LogP contribution in [0.4, 0.5) is 32.0 Å². The lowest BCUT2D eigenvalue weighted by Gasteiger charge is -2.13. The largest absolute Gasteiger partial charge is 0.573 e. The van der Waals surface area contributed by atoms with Crippen molar-refractivity contribution in [3.8, 4) is 39.5 Å². The molecule has 12 heteroatoms. The fraction of sp³-hybridized carbons (Fsp3) is 0.226. The molecule has 0 radical (unpaired) electrons. The monoisotopic (exact) mass is 619 g/mol. The van der Waals surface area contributed by atoms with Crippen LogP contribution in [-0.2, 0) is 5.41 Å². The number of allylic oxidation sites excluding steroid dienone is 2. The van der Waals surface area contributed by atoms with Crippen LogP contribution < -0.4 is 10.5 Å². The fourth-order valence-electron chi connectivity index (χ4n) is 4.52. The summed E-state index contributed by atoms with van der Waals surface area (Å²) in [5, 5.41) is -0.529. The van der Waals surface area contributed by atoms with E-state index in [4.69, 9.17) is 21.8 Å². The van der Waals surface area contributed by atoms with Gasteiger partial charge in [0.15, 0.2) is 11.7 Å². The lowest BCUT2D eigenvalue weighted by Crippen LogP contribution is -2.19. The molecule has 224 valence electrons. The van der Waals surface area contributed by atoms with Gasteiger partial charge in [0.25, 0.3) is 0 Å². The van der Waals surface area contributed by atoms with E-state index in [0.29, 0.717) is 17.2 Å². The molecule has 2 N–H and O–H groups in total. The molecule has 1 aliphatic carbocycles. The average molecular weight is 620 g/mol. The maximum atomic E-state index is 13.0. The lowest BCUT2D eigenvalue weighted by molar-refractivity contribution is -0.274. The summed E-state index contributed by atoms with van der Waals surface area (Å²) in [5.41, 5.74) is 7.80. The molecule has 0 amide bonds. The molecule has 0 atom stereocenters. The Kier molecular flexibility index (Phi) is 7.81. The maximum absolute atomic E-state index is 13.0. The highest BCUT2D eigenvalue weighted by Crippen LogP contribution is 2.48. The molecule has 5 nitrogen and oxygen atoms in total. The first-order valence-corrected chi connectivity index (χ1v) is 13.4. The topological polar surface area (TPSA) is 73.6 Å². The van der Waals surface area contributed by atoms with Gasteiger partial charge in [-0.2, -0.15) is 13.2 Å².